The largest absolute Gasteiger partial charge is 0.508 e. The number of rotatable bonds is 3. The Balaban J connectivity index is 1.74. The van der Waals surface area contributed by atoms with Crippen molar-refractivity contribution in [3.63, 3.8) is 0 Å². The van der Waals surface area contributed by atoms with Gasteiger partial charge in [0.1, 0.15) is 11.5 Å². The Morgan fingerprint density at radius 3 is 2.95 bits per heavy atom. The number of benzene rings is 1. The van der Waals surface area contributed by atoms with Gasteiger partial charge >= 0.3 is 0 Å². The molecule has 1 aliphatic carbocycles. The zero-order valence-electron chi connectivity index (χ0n) is 11.6. The molecule has 3 rings (SSSR count). The van der Waals surface area contributed by atoms with E-state index in [0.717, 1.165) is 29.8 Å². The normalized spacial score (nSPS) is 27.2. The van der Waals surface area contributed by atoms with Gasteiger partial charge in [0.25, 0.3) is 0 Å². The van der Waals surface area contributed by atoms with Crippen molar-refractivity contribution >= 4 is 0 Å². The second kappa shape index (κ2) is 5.41. The van der Waals surface area contributed by atoms with Crippen LogP contribution in [0.15, 0.2) is 18.2 Å². The summed E-state index contributed by atoms with van der Waals surface area (Å²) in [5, 5.41) is 10.0. The number of fused-ring (bicyclic) bond motifs is 1. The minimum atomic E-state index is 0.389. The van der Waals surface area contributed by atoms with Crippen molar-refractivity contribution in [2.45, 2.75) is 44.7 Å². The van der Waals surface area contributed by atoms with Crippen LogP contribution >= 0.6 is 0 Å². The summed E-state index contributed by atoms with van der Waals surface area (Å²) in [6.07, 6.45) is 6.82. The molecule has 1 N–H and O–H groups in total. The molecule has 1 aliphatic heterocycles. The molecule has 3 heteroatoms. The molecule has 2 aliphatic rings. The molecule has 1 aromatic rings. The van der Waals surface area contributed by atoms with Crippen LogP contribution in [0.2, 0.25) is 0 Å². The summed E-state index contributed by atoms with van der Waals surface area (Å²) >= 11 is 0. The molecule has 2 unspecified atom stereocenters. The van der Waals surface area contributed by atoms with Crippen molar-refractivity contribution in [2.75, 3.05) is 13.7 Å². The Kier molecular flexibility index (Phi) is 3.65. The van der Waals surface area contributed by atoms with E-state index >= 15 is 0 Å². The van der Waals surface area contributed by atoms with Gasteiger partial charge in [0.2, 0.25) is 0 Å². The Hall–Kier alpha value is -1.22. The highest BCUT2D eigenvalue weighted by molar-refractivity contribution is 5.39. The summed E-state index contributed by atoms with van der Waals surface area (Å²) in [6, 6.07) is 6.25. The van der Waals surface area contributed by atoms with Crippen LogP contribution in [-0.4, -0.2) is 29.7 Å². The quantitative estimate of drug-likeness (QED) is 0.907. The predicted octanol–water partition coefficient (Wildman–Crippen LogP) is 3.17. The first-order valence-electron chi connectivity index (χ1n) is 7.38. The maximum Gasteiger partial charge on any atom is 0.120 e. The maximum atomic E-state index is 10.0. The van der Waals surface area contributed by atoms with Gasteiger partial charge in [-0.25, -0.2) is 0 Å². The van der Waals surface area contributed by atoms with Gasteiger partial charge in [-0.3, -0.25) is 4.90 Å². The molecular formula is C16H23NO2. The number of hydrogen-bond donors (Lipinski definition) is 1. The average Bonchev–Trinajstić information content (AvgIpc) is 2.85. The van der Waals surface area contributed by atoms with Gasteiger partial charge in [-0.05, 0) is 49.9 Å². The van der Waals surface area contributed by atoms with Gasteiger partial charge in [0.05, 0.1) is 7.11 Å². The standard InChI is InChI=1S/C16H23NO2/c1-19-14-6-7-16(18)13(10-14)11-17-9-8-12-4-2-3-5-15(12)17/h6-7,10,12,15,18H,2-5,8-9,11H2,1H3. The van der Waals surface area contributed by atoms with Crippen molar-refractivity contribution in [3.8, 4) is 11.5 Å². The van der Waals surface area contributed by atoms with E-state index in [4.69, 9.17) is 4.74 Å². The fourth-order valence-corrected chi connectivity index (χ4v) is 3.73. The fraction of sp³-hybridized carbons (Fsp3) is 0.625. The van der Waals surface area contributed by atoms with E-state index in [1.807, 2.05) is 12.1 Å². The van der Waals surface area contributed by atoms with Crippen LogP contribution in [0.25, 0.3) is 0 Å². The van der Waals surface area contributed by atoms with Crippen molar-refractivity contribution in [1.29, 1.82) is 0 Å². The molecular weight excluding hydrogens is 238 g/mol. The minimum Gasteiger partial charge on any atom is -0.508 e. The van der Waals surface area contributed by atoms with E-state index in [2.05, 4.69) is 4.90 Å². The highest BCUT2D eigenvalue weighted by atomic mass is 16.5. The van der Waals surface area contributed by atoms with Crippen molar-refractivity contribution in [2.24, 2.45) is 5.92 Å². The smallest absolute Gasteiger partial charge is 0.120 e. The van der Waals surface area contributed by atoms with Crippen molar-refractivity contribution in [3.05, 3.63) is 23.8 Å². The van der Waals surface area contributed by atoms with Crippen LogP contribution in [0.4, 0.5) is 0 Å². The molecule has 19 heavy (non-hydrogen) atoms. The van der Waals surface area contributed by atoms with E-state index in [1.165, 1.54) is 38.6 Å². The molecule has 1 saturated heterocycles. The number of methoxy groups -OCH3 is 1. The molecule has 104 valence electrons. The van der Waals surface area contributed by atoms with Crippen LogP contribution in [-0.2, 0) is 6.54 Å². The number of phenolic OH excluding ortho intramolecular Hbond substituents is 1. The summed E-state index contributed by atoms with van der Waals surface area (Å²) in [6.45, 7) is 2.02. The first kappa shape index (κ1) is 12.8. The molecule has 0 radical (unpaired) electrons. The second-order valence-corrected chi connectivity index (χ2v) is 5.87. The molecule has 1 heterocycles. The minimum absolute atomic E-state index is 0.389. The summed E-state index contributed by atoms with van der Waals surface area (Å²) in [5.41, 5.74) is 0.991. The monoisotopic (exact) mass is 261 g/mol. The second-order valence-electron chi connectivity index (χ2n) is 5.87. The first-order valence-corrected chi connectivity index (χ1v) is 7.38. The third kappa shape index (κ3) is 2.57. The van der Waals surface area contributed by atoms with E-state index < -0.39 is 0 Å². The molecule has 0 amide bonds. The first-order chi connectivity index (χ1) is 9.28. The highest BCUT2D eigenvalue weighted by Gasteiger charge is 2.35. The number of ether oxygens (including phenoxy) is 1. The Morgan fingerprint density at radius 2 is 2.11 bits per heavy atom. The predicted molar refractivity (Wildman–Crippen MR) is 75.4 cm³/mol. The molecule has 1 saturated carbocycles. The van der Waals surface area contributed by atoms with Gasteiger partial charge in [-0.1, -0.05) is 12.8 Å². The lowest BCUT2D eigenvalue weighted by atomic mass is 9.85. The number of likely N-dealkylation sites (tertiary alicyclic amines) is 1. The van der Waals surface area contributed by atoms with Crippen molar-refractivity contribution < 1.29 is 9.84 Å². The van der Waals surface area contributed by atoms with Crippen LogP contribution < -0.4 is 4.74 Å². The topological polar surface area (TPSA) is 32.7 Å². The molecule has 2 fully saturated rings. The lowest BCUT2D eigenvalue weighted by molar-refractivity contribution is 0.174. The molecule has 3 nitrogen and oxygen atoms in total. The summed E-state index contributed by atoms with van der Waals surface area (Å²) < 4.78 is 5.25. The lowest BCUT2D eigenvalue weighted by Gasteiger charge is -2.31. The molecule has 0 aromatic heterocycles. The van der Waals surface area contributed by atoms with Gasteiger partial charge in [-0.15, -0.1) is 0 Å². The summed E-state index contributed by atoms with van der Waals surface area (Å²) in [4.78, 5) is 2.55. The van der Waals surface area contributed by atoms with E-state index in [1.54, 1.807) is 13.2 Å². The number of nitrogens with zero attached hydrogens (tertiary/aromatic N) is 1. The molecule has 0 bridgehead atoms. The molecule has 0 spiro atoms. The molecule has 2 atom stereocenters. The number of hydrogen-bond acceptors (Lipinski definition) is 3. The zero-order chi connectivity index (χ0) is 13.2. The molecule has 1 aromatic carbocycles. The van der Waals surface area contributed by atoms with Crippen LogP contribution in [0.3, 0.4) is 0 Å². The average molecular weight is 261 g/mol. The van der Waals surface area contributed by atoms with Gasteiger partial charge in [-0.2, -0.15) is 0 Å². The Labute approximate surface area is 115 Å². The van der Waals surface area contributed by atoms with Crippen LogP contribution in [0.5, 0.6) is 11.5 Å². The Bertz CT molecular complexity index is 446. The van der Waals surface area contributed by atoms with Crippen molar-refractivity contribution in [1.82, 2.24) is 4.90 Å². The van der Waals surface area contributed by atoms with E-state index in [0.29, 0.717) is 5.75 Å². The van der Waals surface area contributed by atoms with E-state index in [9.17, 15) is 5.11 Å². The third-order valence-corrected chi connectivity index (χ3v) is 4.79. The van der Waals surface area contributed by atoms with Gasteiger partial charge < -0.3 is 9.84 Å². The SMILES string of the molecule is COc1ccc(O)c(CN2CCC3CCCCC32)c1. The van der Waals surface area contributed by atoms with Crippen LogP contribution in [0.1, 0.15) is 37.7 Å². The maximum absolute atomic E-state index is 10.0. The highest BCUT2D eigenvalue weighted by Crippen LogP contribution is 2.37. The van der Waals surface area contributed by atoms with Gasteiger partial charge in [0, 0.05) is 18.2 Å². The summed E-state index contributed by atoms with van der Waals surface area (Å²) in [5.74, 6) is 2.11. The van der Waals surface area contributed by atoms with E-state index in [-0.39, 0.29) is 0 Å². The third-order valence-electron chi connectivity index (χ3n) is 4.79. The zero-order valence-corrected chi connectivity index (χ0v) is 11.6. The van der Waals surface area contributed by atoms with Gasteiger partial charge in [0.15, 0.2) is 0 Å². The lowest BCUT2D eigenvalue weighted by Crippen LogP contribution is -2.34. The fourth-order valence-electron chi connectivity index (χ4n) is 3.73. The number of phenols is 1. The van der Waals surface area contributed by atoms with Crippen LogP contribution in [0, 0.1) is 5.92 Å². The number of aromatic hydroxyl groups is 1. The summed E-state index contributed by atoms with van der Waals surface area (Å²) in [7, 11) is 1.67. The Morgan fingerprint density at radius 1 is 1.26 bits per heavy atom.